The number of nitriles is 1. The van der Waals surface area contributed by atoms with Gasteiger partial charge >= 0.3 is 0 Å². The van der Waals surface area contributed by atoms with Crippen LogP contribution in [0.25, 0.3) is 0 Å². The third kappa shape index (κ3) is 1.98. The van der Waals surface area contributed by atoms with Gasteiger partial charge in [-0.2, -0.15) is 5.26 Å². The average Bonchev–Trinajstić information content (AvgIpc) is 2.16. The molecule has 0 bridgehead atoms. The van der Waals surface area contributed by atoms with Crippen molar-refractivity contribution in [2.24, 2.45) is 5.73 Å². The predicted octanol–water partition coefficient (Wildman–Crippen LogP) is 1.35. The second-order valence-electron chi connectivity index (χ2n) is 2.40. The third-order valence-corrected chi connectivity index (χ3v) is 1.55. The summed E-state index contributed by atoms with van der Waals surface area (Å²) in [6.07, 6.45) is -1.36. The molecule has 13 heavy (non-hydrogen) atoms. The molecule has 2 N–H and O–H groups in total. The number of aromatic nitrogens is 1. The number of alkyl halides is 2. The number of pyridine rings is 1. The number of hydrogen-bond acceptors (Lipinski definition) is 3. The Kier molecular flexibility index (Phi) is 2.88. The molecule has 0 aliphatic carbocycles. The maximum Gasteiger partial charge on any atom is 0.266 e. The maximum atomic E-state index is 12.3. The zero-order chi connectivity index (χ0) is 9.84. The Morgan fingerprint density at radius 2 is 2.31 bits per heavy atom. The van der Waals surface area contributed by atoms with Crippen molar-refractivity contribution in [3.05, 3.63) is 29.1 Å². The molecular weight excluding hydrogens is 176 g/mol. The highest BCUT2D eigenvalue weighted by atomic mass is 19.3. The van der Waals surface area contributed by atoms with E-state index in [0.717, 1.165) is 0 Å². The van der Waals surface area contributed by atoms with E-state index >= 15 is 0 Å². The van der Waals surface area contributed by atoms with Crippen molar-refractivity contribution in [3.8, 4) is 6.07 Å². The zero-order valence-corrected chi connectivity index (χ0v) is 6.67. The van der Waals surface area contributed by atoms with E-state index in [4.69, 9.17) is 11.0 Å². The normalized spacial score (nSPS) is 10.1. The molecule has 0 saturated carbocycles. The fraction of sp³-hybridized carbons (Fsp3) is 0.250. The minimum absolute atomic E-state index is 0.137. The van der Waals surface area contributed by atoms with E-state index < -0.39 is 6.43 Å². The first-order valence-electron chi connectivity index (χ1n) is 3.56. The van der Waals surface area contributed by atoms with E-state index in [1.807, 2.05) is 0 Å². The van der Waals surface area contributed by atoms with Gasteiger partial charge in [-0.3, -0.25) is 0 Å². The fourth-order valence-corrected chi connectivity index (χ4v) is 0.899. The van der Waals surface area contributed by atoms with Gasteiger partial charge in [0.15, 0.2) is 0 Å². The Morgan fingerprint density at radius 1 is 1.62 bits per heavy atom. The van der Waals surface area contributed by atoms with Crippen molar-refractivity contribution >= 4 is 0 Å². The van der Waals surface area contributed by atoms with Crippen LogP contribution >= 0.6 is 0 Å². The second-order valence-corrected chi connectivity index (χ2v) is 2.40. The molecule has 0 radical (unpaired) electrons. The van der Waals surface area contributed by atoms with Crippen LogP contribution in [0.5, 0.6) is 0 Å². The van der Waals surface area contributed by atoms with Crippen molar-refractivity contribution in [2.45, 2.75) is 13.0 Å². The van der Waals surface area contributed by atoms with Crippen LogP contribution in [0.4, 0.5) is 8.78 Å². The summed E-state index contributed by atoms with van der Waals surface area (Å²) in [6.45, 7) is 0.137. The lowest BCUT2D eigenvalue weighted by Gasteiger charge is -2.03. The third-order valence-electron chi connectivity index (χ3n) is 1.55. The molecule has 1 aromatic rings. The molecule has 1 aromatic heterocycles. The van der Waals surface area contributed by atoms with Gasteiger partial charge in [0.05, 0.1) is 5.56 Å². The first kappa shape index (κ1) is 9.55. The van der Waals surface area contributed by atoms with Crippen LogP contribution in [0, 0.1) is 11.3 Å². The van der Waals surface area contributed by atoms with Gasteiger partial charge in [0.2, 0.25) is 0 Å². The number of rotatable bonds is 2. The van der Waals surface area contributed by atoms with Crippen LogP contribution in [-0.2, 0) is 6.54 Å². The van der Waals surface area contributed by atoms with Crippen LogP contribution in [0.15, 0.2) is 12.3 Å². The van der Waals surface area contributed by atoms with Crippen LogP contribution in [0.2, 0.25) is 0 Å². The Labute approximate surface area is 73.8 Å². The van der Waals surface area contributed by atoms with Crippen LogP contribution in [0.3, 0.4) is 0 Å². The molecule has 5 heteroatoms. The summed E-state index contributed by atoms with van der Waals surface area (Å²) in [5.41, 5.74) is 5.14. The summed E-state index contributed by atoms with van der Waals surface area (Å²) in [5, 5.41) is 8.45. The minimum atomic E-state index is -2.69. The molecular formula is C8H7F2N3. The smallest absolute Gasteiger partial charge is 0.266 e. The van der Waals surface area contributed by atoms with Crippen molar-refractivity contribution in [1.29, 1.82) is 5.26 Å². The monoisotopic (exact) mass is 183 g/mol. The van der Waals surface area contributed by atoms with Gasteiger partial charge in [-0.15, -0.1) is 0 Å². The van der Waals surface area contributed by atoms with Gasteiger partial charge in [0.1, 0.15) is 11.8 Å². The van der Waals surface area contributed by atoms with Crippen LogP contribution < -0.4 is 5.73 Å². The Hall–Kier alpha value is -1.54. The van der Waals surface area contributed by atoms with Crippen molar-refractivity contribution < 1.29 is 8.78 Å². The summed E-state index contributed by atoms with van der Waals surface area (Å²) in [4.78, 5) is 3.57. The number of nitrogens with two attached hydrogens (primary N) is 1. The average molecular weight is 183 g/mol. The Balaban J connectivity index is 3.20. The lowest BCUT2D eigenvalue weighted by molar-refractivity contribution is 0.150. The Morgan fingerprint density at radius 3 is 2.77 bits per heavy atom. The summed E-state index contributed by atoms with van der Waals surface area (Å²) in [6, 6.07) is 2.80. The molecule has 0 aliphatic rings. The van der Waals surface area contributed by atoms with Gasteiger partial charge in [0.25, 0.3) is 6.43 Å². The first-order chi connectivity index (χ1) is 6.19. The summed E-state index contributed by atoms with van der Waals surface area (Å²) < 4.78 is 24.6. The number of hydrogen-bond donors (Lipinski definition) is 1. The van der Waals surface area contributed by atoms with Crippen molar-refractivity contribution in [2.75, 3.05) is 0 Å². The molecule has 0 unspecified atom stereocenters. The summed E-state index contributed by atoms with van der Waals surface area (Å²) >= 11 is 0. The van der Waals surface area contributed by atoms with E-state index in [2.05, 4.69) is 4.98 Å². The first-order valence-corrected chi connectivity index (χ1v) is 3.56. The lowest BCUT2D eigenvalue weighted by Crippen LogP contribution is -2.01. The molecule has 0 aromatic carbocycles. The summed E-state index contributed by atoms with van der Waals surface area (Å²) in [5.74, 6) is 0. The molecule has 0 aliphatic heterocycles. The molecule has 3 nitrogen and oxygen atoms in total. The topological polar surface area (TPSA) is 62.7 Å². The molecule has 0 atom stereocenters. The molecule has 0 saturated heterocycles. The van der Waals surface area contributed by atoms with Gasteiger partial charge in [-0.05, 0) is 11.6 Å². The van der Waals surface area contributed by atoms with Gasteiger partial charge in [-0.25, -0.2) is 13.8 Å². The lowest BCUT2D eigenvalue weighted by atomic mass is 10.1. The highest BCUT2D eigenvalue weighted by Gasteiger charge is 2.14. The fourth-order valence-electron chi connectivity index (χ4n) is 0.899. The van der Waals surface area contributed by atoms with Crippen LogP contribution in [0.1, 0.15) is 23.2 Å². The quantitative estimate of drug-likeness (QED) is 0.752. The number of halogens is 2. The van der Waals surface area contributed by atoms with E-state index in [-0.39, 0.29) is 17.8 Å². The molecule has 1 heterocycles. The van der Waals surface area contributed by atoms with E-state index in [1.54, 1.807) is 6.07 Å². The SMILES string of the molecule is N#Cc1ncc(CN)cc1C(F)F. The molecule has 0 amide bonds. The van der Waals surface area contributed by atoms with Crippen molar-refractivity contribution in [1.82, 2.24) is 4.98 Å². The molecule has 0 fully saturated rings. The zero-order valence-electron chi connectivity index (χ0n) is 6.67. The highest BCUT2D eigenvalue weighted by Crippen LogP contribution is 2.21. The highest BCUT2D eigenvalue weighted by molar-refractivity contribution is 5.34. The van der Waals surface area contributed by atoms with E-state index in [9.17, 15) is 8.78 Å². The molecule has 68 valence electrons. The predicted molar refractivity (Wildman–Crippen MR) is 41.8 cm³/mol. The molecule has 1 rings (SSSR count). The molecule has 0 spiro atoms. The summed E-state index contributed by atoms with van der Waals surface area (Å²) in [7, 11) is 0. The maximum absolute atomic E-state index is 12.3. The second kappa shape index (κ2) is 3.92. The van der Waals surface area contributed by atoms with Crippen molar-refractivity contribution in [3.63, 3.8) is 0 Å². The largest absolute Gasteiger partial charge is 0.326 e. The Bertz CT molecular complexity index is 344. The van der Waals surface area contributed by atoms with E-state index in [1.165, 1.54) is 12.3 Å². The van der Waals surface area contributed by atoms with Gasteiger partial charge < -0.3 is 5.73 Å². The minimum Gasteiger partial charge on any atom is -0.326 e. The standard InChI is InChI=1S/C8H7F2N3/c9-8(10)6-1-5(2-11)4-13-7(6)3-12/h1,4,8H,2,11H2. The van der Waals surface area contributed by atoms with E-state index in [0.29, 0.717) is 5.56 Å². The van der Waals surface area contributed by atoms with Gasteiger partial charge in [0, 0.05) is 12.7 Å². The van der Waals surface area contributed by atoms with Crippen LogP contribution in [-0.4, -0.2) is 4.98 Å². The van der Waals surface area contributed by atoms with Gasteiger partial charge in [-0.1, -0.05) is 0 Å². The number of nitrogens with zero attached hydrogens (tertiary/aromatic N) is 2.